The molecule has 0 bridgehead atoms. The number of hydrogen-bond acceptors (Lipinski definition) is 6. The maximum Gasteiger partial charge on any atom is 0.356 e. The lowest BCUT2D eigenvalue weighted by atomic mass is 10.0. The van der Waals surface area contributed by atoms with Crippen molar-refractivity contribution >= 4 is 5.97 Å². The van der Waals surface area contributed by atoms with Gasteiger partial charge in [0, 0.05) is 11.1 Å². The van der Waals surface area contributed by atoms with Crippen LogP contribution in [0.15, 0.2) is 23.4 Å². The Morgan fingerprint density at radius 2 is 2.39 bits per heavy atom. The molecule has 2 N–H and O–H groups in total. The molecular formula is C10H12N4O4. The summed E-state index contributed by atoms with van der Waals surface area (Å²) in [4.78, 5) is 17.5. The smallest absolute Gasteiger partial charge is 0.356 e. The molecular weight excluding hydrogens is 240 g/mol. The summed E-state index contributed by atoms with van der Waals surface area (Å²) in [6, 6.07) is 2.74. The van der Waals surface area contributed by atoms with Crippen LogP contribution in [0, 0.1) is 0 Å². The zero-order valence-corrected chi connectivity index (χ0v) is 9.59. The van der Waals surface area contributed by atoms with Crippen LogP contribution in [0.25, 0.3) is 10.4 Å². The lowest BCUT2D eigenvalue weighted by molar-refractivity contribution is 0.0242. The standard InChI is InChI=1S/C10H12N4O4/c1-18-10(17)7-4-6(2-3-12-7)9(16)8(15)5-13-14-11/h2-4,8-9,15-16H,5H2,1H3. The normalized spacial score (nSPS) is 13.3. The van der Waals surface area contributed by atoms with Crippen molar-refractivity contribution in [3.05, 3.63) is 40.0 Å². The number of hydrogen-bond donors (Lipinski definition) is 2. The third-order valence-corrected chi connectivity index (χ3v) is 2.22. The van der Waals surface area contributed by atoms with E-state index in [1.54, 1.807) is 0 Å². The van der Waals surface area contributed by atoms with Crippen LogP contribution in [-0.2, 0) is 4.74 Å². The Kier molecular flexibility index (Phi) is 5.06. The zero-order valence-electron chi connectivity index (χ0n) is 9.59. The van der Waals surface area contributed by atoms with Crippen LogP contribution in [0.4, 0.5) is 0 Å². The minimum absolute atomic E-state index is 0.0186. The number of aliphatic hydroxyl groups is 2. The SMILES string of the molecule is COC(=O)c1cc(C(O)C(O)CN=[N+]=[N-])ccn1. The van der Waals surface area contributed by atoms with E-state index in [-0.39, 0.29) is 17.8 Å². The monoisotopic (exact) mass is 252 g/mol. The van der Waals surface area contributed by atoms with Gasteiger partial charge >= 0.3 is 5.97 Å². The second-order valence-electron chi connectivity index (χ2n) is 3.39. The topological polar surface area (TPSA) is 128 Å². The molecule has 1 aromatic rings. The van der Waals surface area contributed by atoms with Gasteiger partial charge < -0.3 is 14.9 Å². The van der Waals surface area contributed by atoms with Gasteiger partial charge in [0.25, 0.3) is 0 Å². The van der Waals surface area contributed by atoms with Crippen LogP contribution >= 0.6 is 0 Å². The van der Waals surface area contributed by atoms with E-state index in [0.717, 1.165) is 0 Å². The van der Waals surface area contributed by atoms with Crippen LogP contribution in [-0.4, -0.2) is 40.9 Å². The summed E-state index contributed by atoms with van der Waals surface area (Å²) in [5.74, 6) is -0.645. The van der Waals surface area contributed by atoms with Gasteiger partial charge in [-0.05, 0) is 23.2 Å². The van der Waals surface area contributed by atoms with Gasteiger partial charge in [0.05, 0.1) is 19.8 Å². The van der Waals surface area contributed by atoms with Crippen LogP contribution in [0.1, 0.15) is 22.2 Å². The fraction of sp³-hybridized carbons (Fsp3) is 0.400. The summed E-state index contributed by atoms with van der Waals surface area (Å²) in [6.45, 7) is -0.270. The van der Waals surface area contributed by atoms with Crippen LogP contribution in [0.2, 0.25) is 0 Å². The Morgan fingerprint density at radius 1 is 1.67 bits per heavy atom. The van der Waals surface area contributed by atoms with E-state index in [1.165, 1.54) is 25.4 Å². The quantitative estimate of drug-likeness (QED) is 0.342. The van der Waals surface area contributed by atoms with E-state index in [4.69, 9.17) is 5.53 Å². The second-order valence-corrected chi connectivity index (χ2v) is 3.39. The highest BCUT2D eigenvalue weighted by Crippen LogP contribution is 2.17. The van der Waals surface area contributed by atoms with Crippen molar-refractivity contribution in [3.63, 3.8) is 0 Å². The number of carbonyl (C=O) groups excluding carboxylic acids is 1. The van der Waals surface area contributed by atoms with E-state index in [9.17, 15) is 15.0 Å². The Balaban J connectivity index is 2.88. The molecule has 0 aliphatic rings. The van der Waals surface area contributed by atoms with Gasteiger partial charge in [-0.1, -0.05) is 5.11 Å². The number of ether oxygens (including phenoxy) is 1. The van der Waals surface area contributed by atoms with E-state index >= 15 is 0 Å². The number of methoxy groups -OCH3 is 1. The Labute approximate surface area is 102 Å². The first-order valence-electron chi connectivity index (χ1n) is 5.01. The molecule has 2 atom stereocenters. The van der Waals surface area contributed by atoms with Gasteiger partial charge in [-0.15, -0.1) is 0 Å². The predicted molar refractivity (Wildman–Crippen MR) is 60.6 cm³/mol. The fourth-order valence-corrected chi connectivity index (χ4v) is 1.29. The summed E-state index contributed by atoms with van der Waals surface area (Å²) in [5.41, 5.74) is 8.41. The number of pyridine rings is 1. The molecule has 0 saturated heterocycles. The number of esters is 1. The maximum atomic E-state index is 11.2. The number of aliphatic hydroxyl groups excluding tert-OH is 2. The van der Waals surface area contributed by atoms with Crippen molar-refractivity contribution in [1.82, 2.24) is 4.98 Å². The average Bonchev–Trinajstić information content (AvgIpc) is 2.43. The number of nitrogens with zero attached hydrogens (tertiary/aromatic N) is 4. The van der Waals surface area contributed by atoms with E-state index in [0.29, 0.717) is 0 Å². The molecule has 0 radical (unpaired) electrons. The minimum Gasteiger partial charge on any atom is -0.464 e. The molecule has 96 valence electrons. The fourth-order valence-electron chi connectivity index (χ4n) is 1.29. The highest BCUT2D eigenvalue weighted by atomic mass is 16.5. The second kappa shape index (κ2) is 6.55. The highest BCUT2D eigenvalue weighted by Gasteiger charge is 2.19. The largest absolute Gasteiger partial charge is 0.464 e. The zero-order chi connectivity index (χ0) is 13.5. The highest BCUT2D eigenvalue weighted by molar-refractivity contribution is 5.87. The van der Waals surface area contributed by atoms with Gasteiger partial charge in [-0.25, -0.2) is 9.78 Å². The predicted octanol–water partition coefficient (Wildman–Crippen LogP) is 0.573. The van der Waals surface area contributed by atoms with Crippen molar-refractivity contribution in [3.8, 4) is 0 Å². The first-order valence-corrected chi connectivity index (χ1v) is 5.01. The molecule has 0 aliphatic carbocycles. The van der Waals surface area contributed by atoms with Crippen LogP contribution in [0.3, 0.4) is 0 Å². The molecule has 8 nitrogen and oxygen atoms in total. The first-order chi connectivity index (χ1) is 8.60. The molecule has 0 saturated carbocycles. The molecule has 2 unspecified atom stereocenters. The lowest BCUT2D eigenvalue weighted by Crippen LogP contribution is -2.21. The summed E-state index contributed by atoms with van der Waals surface area (Å²) in [6.07, 6.45) is -1.22. The Hall–Kier alpha value is -2.15. The maximum absolute atomic E-state index is 11.2. The molecule has 0 fully saturated rings. The Bertz CT molecular complexity index is 473. The van der Waals surface area contributed by atoms with Gasteiger partial charge in [0.15, 0.2) is 0 Å². The molecule has 0 aromatic carbocycles. The van der Waals surface area contributed by atoms with Crippen LogP contribution < -0.4 is 0 Å². The summed E-state index contributed by atoms with van der Waals surface area (Å²) >= 11 is 0. The van der Waals surface area contributed by atoms with Crippen LogP contribution in [0.5, 0.6) is 0 Å². The lowest BCUT2D eigenvalue weighted by Gasteiger charge is -2.16. The van der Waals surface area contributed by atoms with Crippen molar-refractivity contribution in [1.29, 1.82) is 0 Å². The molecule has 1 heterocycles. The van der Waals surface area contributed by atoms with Gasteiger partial charge in [0.2, 0.25) is 0 Å². The minimum atomic E-state index is -1.28. The molecule has 0 amide bonds. The molecule has 18 heavy (non-hydrogen) atoms. The molecule has 0 spiro atoms. The third-order valence-electron chi connectivity index (χ3n) is 2.22. The summed E-state index contributed by atoms with van der Waals surface area (Å²) in [7, 11) is 1.21. The average molecular weight is 252 g/mol. The molecule has 0 aliphatic heterocycles. The van der Waals surface area contributed by atoms with Gasteiger partial charge in [-0.3, -0.25) is 0 Å². The molecule has 8 heteroatoms. The van der Waals surface area contributed by atoms with Gasteiger partial charge in [-0.2, -0.15) is 0 Å². The van der Waals surface area contributed by atoms with Crippen molar-refractivity contribution in [2.24, 2.45) is 5.11 Å². The van der Waals surface area contributed by atoms with Gasteiger partial charge in [0.1, 0.15) is 11.8 Å². The number of azide groups is 1. The van der Waals surface area contributed by atoms with E-state index in [1.807, 2.05) is 0 Å². The number of aromatic nitrogens is 1. The van der Waals surface area contributed by atoms with Crippen molar-refractivity contribution in [2.45, 2.75) is 12.2 Å². The summed E-state index contributed by atoms with van der Waals surface area (Å²) < 4.78 is 4.48. The number of carbonyl (C=O) groups is 1. The summed E-state index contributed by atoms with van der Waals surface area (Å²) in [5, 5.41) is 22.5. The first kappa shape index (κ1) is 13.9. The molecule has 1 rings (SSSR count). The number of rotatable bonds is 5. The van der Waals surface area contributed by atoms with Crippen molar-refractivity contribution in [2.75, 3.05) is 13.7 Å². The third kappa shape index (κ3) is 3.42. The van der Waals surface area contributed by atoms with Crippen molar-refractivity contribution < 1.29 is 19.7 Å². The van der Waals surface area contributed by atoms with E-state index in [2.05, 4.69) is 19.7 Å². The molecule has 1 aromatic heterocycles. The Morgan fingerprint density at radius 3 is 3.00 bits per heavy atom. The van der Waals surface area contributed by atoms with E-state index < -0.39 is 18.2 Å².